The summed E-state index contributed by atoms with van der Waals surface area (Å²) in [6.07, 6.45) is 9.14. The van der Waals surface area contributed by atoms with Crippen molar-refractivity contribution in [3.8, 4) is 79.6 Å². The van der Waals surface area contributed by atoms with E-state index in [4.69, 9.17) is 29.5 Å². The van der Waals surface area contributed by atoms with E-state index in [9.17, 15) is 63.1 Å². The molecule has 464 valence electrons. The first-order chi connectivity index (χ1) is 43.3. The van der Waals surface area contributed by atoms with Gasteiger partial charge >= 0.3 is 23.9 Å². The summed E-state index contributed by atoms with van der Waals surface area (Å²) in [6.45, 7) is 0. The molecule has 8 aromatic carbocycles. The predicted octanol–water partition coefficient (Wildman–Crippen LogP) is 18.4. The molecular weight excluding hydrogens is 1190 g/mol. The van der Waals surface area contributed by atoms with Crippen LogP contribution in [0.5, 0.6) is 23.0 Å². The van der Waals surface area contributed by atoms with Crippen molar-refractivity contribution >= 4 is 23.9 Å². The van der Waals surface area contributed by atoms with Gasteiger partial charge in [-0.15, -0.1) is 0 Å². The Bertz CT molecular complexity index is 3900. The van der Waals surface area contributed by atoms with Crippen molar-refractivity contribution in [3.63, 3.8) is 0 Å². The molecule has 0 aliphatic rings. The van der Waals surface area contributed by atoms with Gasteiger partial charge in [-0.3, -0.25) is 19.2 Å². The smallest absolute Gasteiger partial charge is 0.311 e. The summed E-state index contributed by atoms with van der Waals surface area (Å²) < 4.78 is 159. The number of ether oxygens (including phenoxy) is 4. The largest absolute Gasteiger partial charge is 0.426 e. The van der Waals surface area contributed by atoms with Crippen LogP contribution in [0, 0.1) is 80.8 Å². The van der Waals surface area contributed by atoms with Crippen LogP contribution in [-0.4, -0.2) is 23.9 Å². The Morgan fingerprint density at radius 3 is 0.722 bits per heavy atom. The number of hydrogen-bond donors (Lipinski definition) is 0. The van der Waals surface area contributed by atoms with Crippen molar-refractivity contribution in [2.24, 2.45) is 0 Å². The van der Waals surface area contributed by atoms with Crippen LogP contribution in [0.1, 0.15) is 114 Å². The lowest BCUT2D eigenvalue weighted by Gasteiger charge is -2.09. The minimum Gasteiger partial charge on any atom is -0.426 e. The normalized spacial score (nSPS) is 10.8. The molecule has 10 nitrogen and oxygen atoms in total. The Morgan fingerprint density at radius 1 is 0.278 bits per heavy atom. The van der Waals surface area contributed by atoms with Crippen LogP contribution in [-0.2, 0) is 19.2 Å². The number of unbranched alkanes of at least 4 members (excludes halogenated alkanes) is 10. The first-order valence-corrected chi connectivity index (χ1v) is 28.6. The first-order valence-electron chi connectivity index (χ1n) is 28.6. The van der Waals surface area contributed by atoms with E-state index >= 15 is 0 Å². The lowest BCUT2D eigenvalue weighted by Crippen LogP contribution is -2.08. The number of nitriles is 2. The maximum atomic E-state index is 14.6. The van der Waals surface area contributed by atoms with Gasteiger partial charge in [0.2, 0.25) is 0 Å². The first kappa shape index (κ1) is 67.4. The van der Waals surface area contributed by atoms with Gasteiger partial charge in [0.25, 0.3) is 0 Å². The van der Waals surface area contributed by atoms with Gasteiger partial charge in [0.05, 0.1) is 23.3 Å². The van der Waals surface area contributed by atoms with Gasteiger partial charge in [-0.25, -0.2) is 43.9 Å². The third kappa shape index (κ3) is 20.0. The zero-order valence-electron chi connectivity index (χ0n) is 48.1. The van der Waals surface area contributed by atoms with E-state index in [2.05, 4.69) is 0 Å². The number of carbonyl (C=O) groups excluding carboxylic acids is 4. The molecule has 0 radical (unpaired) electrons. The second-order valence-corrected chi connectivity index (χ2v) is 20.6. The molecular formula is C70H56F10N2O8. The fraction of sp³-hybridized carbons (Fsp3) is 0.229. The third-order valence-electron chi connectivity index (χ3n) is 14.0. The summed E-state index contributed by atoms with van der Waals surface area (Å²) in [7, 11) is 0. The van der Waals surface area contributed by atoms with Crippen molar-refractivity contribution in [2.45, 2.75) is 103 Å². The average Bonchev–Trinajstić information content (AvgIpc) is 1.12. The summed E-state index contributed by atoms with van der Waals surface area (Å²) in [5, 5.41) is 17.8. The number of carbonyl (C=O) groups is 4. The van der Waals surface area contributed by atoms with E-state index in [-0.39, 0.29) is 70.9 Å². The van der Waals surface area contributed by atoms with Crippen LogP contribution in [0.15, 0.2) is 146 Å². The van der Waals surface area contributed by atoms with Gasteiger partial charge in [0.1, 0.15) is 46.3 Å². The molecule has 0 unspecified atom stereocenters. The quantitative estimate of drug-likeness (QED) is 0.0168. The molecule has 0 saturated heterocycles. The van der Waals surface area contributed by atoms with Gasteiger partial charge in [-0.1, -0.05) is 75.6 Å². The van der Waals surface area contributed by atoms with Crippen LogP contribution in [0.4, 0.5) is 43.9 Å². The number of benzene rings is 8. The summed E-state index contributed by atoms with van der Waals surface area (Å²) in [6, 6.07) is 34.8. The fourth-order valence-electron chi connectivity index (χ4n) is 9.27. The zero-order valence-corrected chi connectivity index (χ0v) is 48.1. The van der Waals surface area contributed by atoms with E-state index in [1.165, 1.54) is 48.5 Å². The van der Waals surface area contributed by atoms with Gasteiger partial charge in [0.15, 0.2) is 34.9 Å². The highest BCUT2D eigenvalue weighted by Crippen LogP contribution is 2.33. The molecule has 0 aromatic heterocycles. The minimum atomic E-state index is -1.65. The molecule has 0 aliphatic carbocycles. The number of esters is 4. The Kier molecular flexibility index (Phi) is 25.0. The third-order valence-corrected chi connectivity index (χ3v) is 14.0. The minimum absolute atomic E-state index is 0.0573. The van der Waals surface area contributed by atoms with Crippen LogP contribution in [0.3, 0.4) is 0 Å². The predicted molar refractivity (Wildman–Crippen MR) is 313 cm³/mol. The maximum absolute atomic E-state index is 14.6. The molecule has 8 rings (SSSR count). The Balaban J connectivity index is 0.000000256. The van der Waals surface area contributed by atoms with E-state index in [0.29, 0.717) is 96.2 Å². The second kappa shape index (κ2) is 33.3. The fourth-order valence-corrected chi connectivity index (χ4v) is 9.27. The molecule has 0 spiro atoms. The van der Waals surface area contributed by atoms with Crippen molar-refractivity contribution in [3.05, 3.63) is 215 Å². The summed E-state index contributed by atoms with van der Waals surface area (Å²) in [5.41, 5.74) is 2.06. The molecule has 0 N–H and O–H groups in total. The summed E-state index contributed by atoms with van der Waals surface area (Å²) in [4.78, 5) is 48.6. The standard InChI is InChI=1S/C36H30F5NO4.C34H26F5NO4/c37-30-20-26(14-16-28(30)24-12-10-23(22-42)11-13-24)45-34(43)8-6-4-2-1-3-5-7-9-35(44)46-27-15-17-29(31(38)21-27)25-18-32(39)36(41)33(40)19-25;35-28-18-24(12-14-26(28)22-10-8-21(20-40)9-11-22)43-32(41)6-4-2-1-3-5-7-33(42)44-25-13-15-27(29(36)19-25)23-16-30(37)34(39)31(38)17-23/h10-21H,1-9H2;8-19H,1-7H2. The monoisotopic (exact) mass is 1240 g/mol. The SMILES string of the molecule is N#Cc1ccc(-c2ccc(OC(=O)CCCCCCCC(=O)Oc3ccc(-c4cc(F)c(F)c(F)c4)c(F)c3)cc2F)cc1.N#Cc1ccc(-c2ccc(OC(=O)CCCCCCCCCC(=O)Oc3ccc(-c4cc(F)c(F)c(F)c4)c(F)c3)cc2F)cc1. The van der Waals surface area contributed by atoms with Crippen molar-refractivity contribution in [1.29, 1.82) is 10.5 Å². The van der Waals surface area contributed by atoms with E-state index in [0.717, 1.165) is 62.8 Å². The highest BCUT2D eigenvalue weighted by atomic mass is 19.2. The average molecular weight is 1240 g/mol. The topological polar surface area (TPSA) is 153 Å². The molecule has 0 heterocycles. The Morgan fingerprint density at radius 2 is 0.500 bits per heavy atom. The molecule has 20 heteroatoms. The Hall–Kier alpha value is -10.1. The van der Waals surface area contributed by atoms with Crippen molar-refractivity contribution in [1.82, 2.24) is 0 Å². The molecule has 0 atom stereocenters. The zero-order chi connectivity index (χ0) is 64.7. The lowest BCUT2D eigenvalue weighted by molar-refractivity contribution is -0.135. The van der Waals surface area contributed by atoms with Crippen LogP contribution >= 0.6 is 0 Å². The van der Waals surface area contributed by atoms with Gasteiger partial charge in [0, 0.05) is 72.2 Å². The van der Waals surface area contributed by atoms with E-state index in [1.54, 1.807) is 48.5 Å². The second-order valence-electron chi connectivity index (χ2n) is 20.6. The number of halogens is 10. The van der Waals surface area contributed by atoms with Gasteiger partial charge in [-0.2, -0.15) is 10.5 Å². The van der Waals surface area contributed by atoms with E-state index < -0.39 is 82.0 Å². The lowest BCUT2D eigenvalue weighted by atomic mass is 10.0. The van der Waals surface area contributed by atoms with Crippen molar-refractivity contribution < 1.29 is 82.0 Å². The van der Waals surface area contributed by atoms with Gasteiger partial charge < -0.3 is 18.9 Å². The molecule has 0 fully saturated rings. The highest BCUT2D eigenvalue weighted by Gasteiger charge is 2.19. The van der Waals surface area contributed by atoms with Crippen LogP contribution < -0.4 is 18.9 Å². The molecule has 0 aliphatic heterocycles. The number of nitrogens with zero attached hydrogens (tertiary/aromatic N) is 2. The van der Waals surface area contributed by atoms with Crippen LogP contribution in [0.25, 0.3) is 44.5 Å². The molecule has 90 heavy (non-hydrogen) atoms. The molecule has 0 bridgehead atoms. The van der Waals surface area contributed by atoms with E-state index in [1.807, 2.05) is 12.1 Å². The number of rotatable bonds is 26. The molecule has 0 saturated carbocycles. The Labute approximate surface area is 511 Å². The molecule has 0 amide bonds. The number of hydrogen-bond acceptors (Lipinski definition) is 10. The van der Waals surface area contributed by atoms with Crippen molar-refractivity contribution in [2.75, 3.05) is 0 Å². The van der Waals surface area contributed by atoms with Crippen LogP contribution in [0.2, 0.25) is 0 Å². The maximum Gasteiger partial charge on any atom is 0.311 e. The summed E-state index contributed by atoms with van der Waals surface area (Å²) in [5.74, 6) is -13.9. The van der Waals surface area contributed by atoms with Gasteiger partial charge in [-0.05, 0) is 145 Å². The summed E-state index contributed by atoms with van der Waals surface area (Å²) >= 11 is 0. The highest BCUT2D eigenvalue weighted by molar-refractivity contribution is 5.76. The molecule has 8 aromatic rings.